The number of fused-ring (bicyclic) bond motifs is 1. The Bertz CT molecular complexity index is 625. The molecule has 1 aliphatic rings. The minimum atomic E-state index is -0.105. The third-order valence-electron chi connectivity index (χ3n) is 3.25. The number of aryl methyl sites for hydroxylation is 2. The number of aromatic nitrogens is 2. The van der Waals surface area contributed by atoms with Crippen LogP contribution in [-0.2, 0) is 24.7 Å². The van der Waals surface area contributed by atoms with Crippen molar-refractivity contribution in [1.29, 1.82) is 0 Å². The summed E-state index contributed by atoms with van der Waals surface area (Å²) in [6.45, 7) is 0. The number of carbonyl (C=O) groups excluding carboxylic acids is 1. The first-order valence-corrected chi connectivity index (χ1v) is 7.19. The van der Waals surface area contributed by atoms with Gasteiger partial charge in [-0.2, -0.15) is 5.10 Å². The number of anilines is 1. The lowest BCUT2D eigenvalue weighted by atomic mass is 10.2. The molecule has 4 nitrogen and oxygen atoms in total. The molecule has 0 spiro atoms. The van der Waals surface area contributed by atoms with Crippen molar-refractivity contribution in [2.45, 2.75) is 19.3 Å². The minimum Gasteiger partial charge on any atom is -0.307 e. The van der Waals surface area contributed by atoms with E-state index in [2.05, 4.69) is 10.4 Å². The van der Waals surface area contributed by atoms with E-state index in [0.717, 1.165) is 35.7 Å². The summed E-state index contributed by atoms with van der Waals surface area (Å²) in [5, 5.41) is 9.36. The summed E-state index contributed by atoms with van der Waals surface area (Å²) < 4.78 is 1.76. The van der Waals surface area contributed by atoms with Gasteiger partial charge in [-0.3, -0.25) is 9.48 Å². The molecule has 0 unspecified atom stereocenters. The molecule has 3 rings (SSSR count). The summed E-state index contributed by atoms with van der Waals surface area (Å²) in [5.74, 6) is 0.736. The van der Waals surface area contributed by atoms with Crippen LogP contribution >= 0.6 is 11.3 Å². The molecular formula is C14H15N3OS. The highest BCUT2D eigenvalue weighted by atomic mass is 32.1. The zero-order chi connectivity index (χ0) is 13.2. The van der Waals surface area contributed by atoms with Gasteiger partial charge in [0, 0.05) is 23.6 Å². The van der Waals surface area contributed by atoms with Crippen LogP contribution in [0.25, 0.3) is 6.08 Å². The SMILES string of the molecule is Cn1nc2c(c1NC(=O)/C=C/c1cccs1)CCC2. The molecule has 5 heteroatoms. The molecule has 2 aromatic rings. The van der Waals surface area contributed by atoms with Crippen molar-refractivity contribution in [3.63, 3.8) is 0 Å². The van der Waals surface area contributed by atoms with Gasteiger partial charge >= 0.3 is 0 Å². The number of carbonyl (C=O) groups is 1. The molecule has 0 aliphatic heterocycles. The van der Waals surface area contributed by atoms with Gasteiger partial charge in [0.2, 0.25) is 5.91 Å². The molecule has 98 valence electrons. The average molecular weight is 273 g/mol. The monoisotopic (exact) mass is 273 g/mol. The van der Waals surface area contributed by atoms with Gasteiger partial charge in [0.15, 0.2) is 0 Å². The molecule has 0 saturated carbocycles. The molecule has 1 amide bonds. The van der Waals surface area contributed by atoms with Crippen LogP contribution in [0.2, 0.25) is 0 Å². The first kappa shape index (κ1) is 12.2. The van der Waals surface area contributed by atoms with Crippen LogP contribution < -0.4 is 5.32 Å². The molecule has 1 N–H and O–H groups in total. The Labute approximate surface area is 115 Å². The smallest absolute Gasteiger partial charge is 0.249 e. The second kappa shape index (κ2) is 5.01. The fraction of sp³-hybridized carbons (Fsp3) is 0.286. The van der Waals surface area contributed by atoms with Gasteiger partial charge in [0.1, 0.15) is 5.82 Å². The van der Waals surface area contributed by atoms with E-state index < -0.39 is 0 Å². The van der Waals surface area contributed by atoms with E-state index in [1.807, 2.05) is 30.6 Å². The maximum Gasteiger partial charge on any atom is 0.249 e. The summed E-state index contributed by atoms with van der Waals surface area (Å²) >= 11 is 1.61. The lowest BCUT2D eigenvalue weighted by Gasteiger charge is -2.04. The summed E-state index contributed by atoms with van der Waals surface area (Å²) in [7, 11) is 1.87. The van der Waals surface area contributed by atoms with E-state index in [0.29, 0.717) is 0 Å². The molecule has 0 fully saturated rings. The first-order chi connectivity index (χ1) is 9.24. The molecule has 0 bridgehead atoms. The Morgan fingerprint density at radius 1 is 1.53 bits per heavy atom. The number of nitrogens with zero attached hydrogens (tertiary/aromatic N) is 2. The topological polar surface area (TPSA) is 46.9 Å². The highest BCUT2D eigenvalue weighted by Crippen LogP contribution is 2.27. The molecule has 2 aromatic heterocycles. The van der Waals surface area contributed by atoms with Crippen molar-refractivity contribution in [3.8, 4) is 0 Å². The van der Waals surface area contributed by atoms with Gasteiger partial charge in [0.25, 0.3) is 0 Å². The van der Waals surface area contributed by atoms with E-state index in [9.17, 15) is 4.79 Å². The number of amides is 1. The van der Waals surface area contributed by atoms with Crippen molar-refractivity contribution in [2.24, 2.45) is 7.05 Å². The van der Waals surface area contributed by atoms with Crippen LogP contribution in [0.5, 0.6) is 0 Å². The molecule has 19 heavy (non-hydrogen) atoms. The summed E-state index contributed by atoms with van der Waals surface area (Å²) in [5.41, 5.74) is 2.32. The second-order valence-electron chi connectivity index (χ2n) is 4.59. The third kappa shape index (κ3) is 2.46. The maximum absolute atomic E-state index is 11.9. The fourth-order valence-corrected chi connectivity index (χ4v) is 3.00. The van der Waals surface area contributed by atoms with Crippen LogP contribution in [0.4, 0.5) is 5.82 Å². The average Bonchev–Trinajstić information content (AvgIpc) is 3.07. The van der Waals surface area contributed by atoms with Gasteiger partial charge in [-0.05, 0) is 36.8 Å². The van der Waals surface area contributed by atoms with Crippen molar-refractivity contribution < 1.29 is 4.79 Å². The fourth-order valence-electron chi connectivity index (χ4n) is 2.38. The summed E-state index contributed by atoms with van der Waals surface area (Å²) in [4.78, 5) is 13.0. The van der Waals surface area contributed by atoms with Crippen molar-refractivity contribution >= 4 is 29.1 Å². The predicted octanol–water partition coefficient (Wildman–Crippen LogP) is 2.62. The molecule has 0 saturated heterocycles. The van der Waals surface area contributed by atoms with E-state index in [4.69, 9.17) is 0 Å². The third-order valence-corrected chi connectivity index (χ3v) is 4.09. The largest absolute Gasteiger partial charge is 0.307 e. The number of nitrogens with one attached hydrogen (secondary N) is 1. The Balaban J connectivity index is 1.73. The van der Waals surface area contributed by atoms with Gasteiger partial charge in [0.05, 0.1) is 5.69 Å². The summed E-state index contributed by atoms with van der Waals surface area (Å²) in [6, 6.07) is 3.95. The van der Waals surface area contributed by atoms with E-state index in [-0.39, 0.29) is 5.91 Å². The Morgan fingerprint density at radius 2 is 2.42 bits per heavy atom. The van der Waals surface area contributed by atoms with E-state index in [1.54, 1.807) is 22.1 Å². The second-order valence-corrected chi connectivity index (χ2v) is 5.57. The number of thiophene rings is 1. The molecule has 0 aromatic carbocycles. The van der Waals surface area contributed by atoms with Crippen LogP contribution in [0, 0.1) is 0 Å². The molecule has 0 radical (unpaired) electrons. The zero-order valence-corrected chi connectivity index (χ0v) is 11.5. The van der Waals surface area contributed by atoms with Crippen LogP contribution in [0.1, 0.15) is 22.6 Å². The first-order valence-electron chi connectivity index (χ1n) is 6.31. The number of hydrogen-bond donors (Lipinski definition) is 1. The predicted molar refractivity (Wildman–Crippen MR) is 77.2 cm³/mol. The zero-order valence-electron chi connectivity index (χ0n) is 10.7. The van der Waals surface area contributed by atoms with Crippen LogP contribution in [-0.4, -0.2) is 15.7 Å². The molecule has 2 heterocycles. The van der Waals surface area contributed by atoms with Crippen LogP contribution in [0.3, 0.4) is 0 Å². The molecule has 0 atom stereocenters. The van der Waals surface area contributed by atoms with Crippen molar-refractivity contribution in [3.05, 3.63) is 39.7 Å². The molecule has 1 aliphatic carbocycles. The quantitative estimate of drug-likeness (QED) is 0.874. The van der Waals surface area contributed by atoms with Gasteiger partial charge in [-0.25, -0.2) is 0 Å². The normalized spacial score (nSPS) is 13.9. The highest BCUT2D eigenvalue weighted by Gasteiger charge is 2.21. The Hall–Kier alpha value is -1.88. The van der Waals surface area contributed by atoms with Gasteiger partial charge < -0.3 is 5.32 Å². The lowest BCUT2D eigenvalue weighted by Crippen LogP contribution is -2.12. The van der Waals surface area contributed by atoms with E-state index in [1.165, 1.54) is 5.56 Å². The Kier molecular flexibility index (Phi) is 3.21. The number of rotatable bonds is 3. The maximum atomic E-state index is 11.9. The Morgan fingerprint density at radius 3 is 3.21 bits per heavy atom. The van der Waals surface area contributed by atoms with E-state index >= 15 is 0 Å². The highest BCUT2D eigenvalue weighted by molar-refractivity contribution is 7.10. The van der Waals surface area contributed by atoms with Crippen molar-refractivity contribution in [2.75, 3.05) is 5.32 Å². The molecular weight excluding hydrogens is 258 g/mol. The standard InChI is InChI=1S/C14H15N3OS/c1-17-14(11-5-2-6-12(11)16-17)15-13(18)8-7-10-4-3-9-19-10/h3-4,7-9H,2,5-6H2,1H3,(H,15,18)/b8-7+. The summed E-state index contributed by atoms with van der Waals surface area (Å²) in [6.07, 6.45) is 6.56. The van der Waals surface area contributed by atoms with Gasteiger partial charge in [-0.15, -0.1) is 11.3 Å². The number of hydrogen-bond acceptors (Lipinski definition) is 3. The lowest BCUT2D eigenvalue weighted by molar-refractivity contribution is -0.111. The van der Waals surface area contributed by atoms with Gasteiger partial charge in [-0.1, -0.05) is 6.07 Å². The minimum absolute atomic E-state index is 0.105. The van der Waals surface area contributed by atoms with Crippen molar-refractivity contribution in [1.82, 2.24) is 9.78 Å². The van der Waals surface area contributed by atoms with Crippen LogP contribution in [0.15, 0.2) is 23.6 Å².